The van der Waals surface area contributed by atoms with E-state index >= 15 is 0 Å². The Morgan fingerprint density at radius 2 is 1.97 bits per heavy atom. The highest BCUT2D eigenvalue weighted by atomic mass is 35.5. The second-order valence-corrected chi connectivity index (χ2v) is 8.62. The summed E-state index contributed by atoms with van der Waals surface area (Å²) in [7, 11) is 1.53. The number of amides is 1. The highest BCUT2D eigenvalue weighted by Gasteiger charge is 2.39. The Morgan fingerprint density at radius 3 is 2.71 bits per heavy atom. The van der Waals surface area contributed by atoms with Gasteiger partial charge in [-0.05, 0) is 19.1 Å². The summed E-state index contributed by atoms with van der Waals surface area (Å²) in [6.45, 7) is 1.90. The molecule has 1 amide bonds. The Morgan fingerprint density at radius 1 is 1.18 bits per heavy atom. The number of carbonyl (C=O) groups is 1. The number of nitrogens with zero attached hydrogens (tertiary/aromatic N) is 2. The van der Waals surface area contributed by atoms with E-state index < -0.39 is 11.6 Å². The number of halogens is 1. The van der Waals surface area contributed by atoms with Crippen LogP contribution >= 0.6 is 11.6 Å². The lowest BCUT2D eigenvalue weighted by atomic mass is 9.96. The SMILES string of the molecule is COC[C@]1(C)Nc2c(cnc3[nH]cc(C(O)c4ncc(Oc5ccccc5)cc4Cl)c23)NC1=O. The number of benzene rings is 1. The van der Waals surface area contributed by atoms with Crippen LogP contribution in [0.25, 0.3) is 11.0 Å². The minimum Gasteiger partial charge on any atom is -0.456 e. The zero-order valence-corrected chi connectivity index (χ0v) is 19.2. The first-order chi connectivity index (χ1) is 16.4. The van der Waals surface area contributed by atoms with E-state index in [-0.39, 0.29) is 23.2 Å². The van der Waals surface area contributed by atoms with Crippen LogP contribution in [0.3, 0.4) is 0 Å². The summed E-state index contributed by atoms with van der Waals surface area (Å²) < 4.78 is 11.0. The summed E-state index contributed by atoms with van der Waals surface area (Å²) in [5, 5.41) is 18.3. The molecule has 0 spiro atoms. The standard InChI is InChI=1S/C24H22ClN5O4/c1-24(12-33-2)23(32)29-17-11-28-22-18(20(17)30-24)15(10-27-22)21(31)19-16(25)8-14(9-26-19)34-13-6-4-3-5-7-13/h3-11,21,30-31H,12H2,1-2H3,(H,27,28)(H,29,32)/t21?,24-/m0/s1. The number of rotatable bonds is 6. The number of methoxy groups -OCH3 is 1. The third-order valence-electron chi connectivity index (χ3n) is 5.69. The number of ether oxygens (including phenoxy) is 2. The Labute approximate surface area is 200 Å². The quantitative estimate of drug-likeness (QED) is 0.326. The molecule has 0 saturated carbocycles. The fourth-order valence-electron chi connectivity index (χ4n) is 4.00. The largest absolute Gasteiger partial charge is 0.456 e. The van der Waals surface area contributed by atoms with Crippen molar-refractivity contribution in [2.24, 2.45) is 0 Å². The number of aliphatic hydroxyl groups excluding tert-OH is 1. The Kier molecular flexibility index (Phi) is 5.60. The van der Waals surface area contributed by atoms with E-state index in [0.717, 1.165) is 0 Å². The minimum absolute atomic E-state index is 0.153. The third kappa shape index (κ3) is 3.83. The number of hydrogen-bond acceptors (Lipinski definition) is 7. The molecule has 0 bridgehead atoms. The van der Waals surface area contributed by atoms with Crippen LogP contribution in [0, 0.1) is 0 Å². The first kappa shape index (κ1) is 22.1. The topological polar surface area (TPSA) is 121 Å². The number of aliphatic hydroxyl groups is 1. The Balaban J connectivity index is 1.52. The van der Waals surface area contributed by atoms with Gasteiger partial charge in [0.1, 0.15) is 28.8 Å². The molecule has 5 rings (SSSR count). The molecule has 0 saturated heterocycles. The molecule has 0 radical (unpaired) electrons. The van der Waals surface area contributed by atoms with E-state index in [1.54, 1.807) is 25.4 Å². The molecule has 4 aromatic rings. The summed E-state index contributed by atoms with van der Waals surface area (Å²) in [4.78, 5) is 24.4. The average molecular weight is 480 g/mol. The van der Waals surface area contributed by atoms with Crippen LogP contribution in [0.1, 0.15) is 24.3 Å². The molecule has 1 aromatic carbocycles. The fourth-order valence-corrected chi connectivity index (χ4v) is 4.26. The van der Waals surface area contributed by atoms with Gasteiger partial charge in [0.15, 0.2) is 0 Å². The van der Waals surface area contributed by atoms with Gasteiger partial charge in [0.2, 0.25) is 0 Å². The first-order valence-corrected chi connectivity index (χ1v) is 10.9. The number of pyridine rings is 2. The summed E-state index contributed by atoms with van der Waals surface area (Å²) in [6, 6.07) is 10.9. The summed E-state index contributed by atoms with van der Waals surface area (Å²) in [5.74, 6) is 0.861. The number of para-hydroxylation sites is 1. The lowest BCUT2D eigenvalue weighted by Crippen LogP contribution is -2.53. The van der Waals surface area contributed by atoms with Crippen molar-refractivity contribution >= 4 is 39.9 Å². The van der Waals surface area contributed by atoms with Gasteiger partial charge >= 0.3 is 0 Å². The van der Waals surface area contributed by atoms with Crippen molar-refractivity contribution in [3.63, 3.8) is 0 Å². The van der Waals surface area contributed by atoms with E-state index in [0.29, 0.717) is 39.5 Å². The summed E-state index contributed by atoms with van der Waals surface area (Å²) in [5.41, 5.74) is 1.44. The van der Waals surface area contributed by atoms with Crippen LogP contribution in [0.5, 0.6) is 11.5 Å². The Hall–Kier alpha value is -3.66. The lowest BCUT2D eigenvalue weighted by molar-refractivity contribution is -0.121. The van der Waals surface area contributed by atoms with Crippen LogP contribution in [0.2, 0.25) is 5.02 Å². The highest BCUT2D eigenvalue weighted by molar-refractivity contribution is 6.31. The number of anilines is 2. The van der Waals surface area contributed by atoms with Gasteiger partial charge in [-0.25, -0.2) is 4.98 Å². The van der Waals surface area contributed by atoms with Crippen molar-refractivity contribution in [1.29, 1.82) is 0 Å². The van der Waals surface area contributed by atoms with Gasteiger partial charge in [0.05, 0.1) is 46.5 Å². The van der Waals surface area contributed by atoms with Gasteiger partial charge in [-0.15, -0.1) is 0 Å². The van der Waals surface area contributed by atoms with Gasteiger partial charge in [-0.1, -0.05) is 29.8 Å². The van der Waals surface area contributed by atoms with Gasteiger partial charge in [-0.2, -0.15) is 0 Å². The normalized spacial score (nSPS) is 18.2. The minimum atomic E-state index is -1.16. The summed E-state index contributed by atoms with van der Waals surface area (Å²) in [6.07, 6.45) is 3.56. The number of hydrogen-bond donors (Lipinski definition) is 4. The molecular formula is C24H22ClN5O4. The molecule has 4 N–H and O–H groups in total. The predicted octanol–water partition coefficient (Wildman–Crippen LogP) is 4.25. The predicted molar refractivity (Wildman–Crippen MR) is 128 cm³/mol. The molecule has 0 aliphatic carbocycles. The van der Waals surface area contributed by atoms with E-state index in [1.165, 1.54) is 13.3 Å². The second kappa shape index (κ2) is 8.60. The fraction of sp³-hybridized carbons (Fsp3) is 0.208. The third-order valence-corrected chi connectivity index (χ3v) is 5.99. The molecule has 1 unspecified atom stereocenters. The molecule has 0 fully saturated rings. The number of fused-ring (bicyclic) bond motifs is 3. The van der Waals surface area contributed by atoms with Crippen molar-refractivity contribution in [2.75, 3.05) is 24.4 Å². The number of aromatic nitrogens is 3. The Bertz CT molecular complexity index is 1380. The lowest BCUT2D eigenvalue weighted by Gasteiger charge is -2.35. The maximum Gasteiger partial charge on any atom is 0.252 e. The molecule has 1 aliphatic heterocycles. The second-order valence-electron chi connectivity index (χ2n) is 8.21. The van der Waals surface area contributed by atoms with Crippen molar-refractivity contribution < 1.29 is 19.4 Å². The first-order valence-electron chi connectivity index (χ1n) is 10.5. The molecule has 34 heavy (non-hydrogen) atoms. The van der Waals surface area contributed by atoms with Crippen molar-refractivity contribution in [3.8, 4) is 11.5 Å². The average Bonchev–Trinajstić information content (AvgIpc) is 3.25. The van der Waals surface area contributed by atoms with Crippen molar-refractivity contribution in [2.45, 2.75) is 18.6 Å². The maximum atomic E-state index is 12.6. The van der Waals surface area contributed by atoms with Crippen LogP contribution < -0.4 is 15.4 Å². The van der Waals surface area contributed by atoms with E-state index in [2.05, 4.69) is 25.6 Å². The molecule has 10 heteroatoms. The van der Waals surface area contributed by atoms with Gasteiger partial charge in [0.25, 0.3) is 5.91 Å². The zero-order valence-electron chi connectivity index (χ0n) is 18.4. The molecular weight excluding hydrogens is 458 g/mol. The molecule has 9 nitrogen and oxygen atoms in total. The van der Waals surface area contributed by atoms with Crippen LogP contribution in [-0.4, -0.2) is 45.2 Å². The molecule has 174 valence electrons. The number of aromatic amines is 1. The van der Waals surface area contributed by atoms with Crippen molar-refractivity contribution in [1.82, 2.24) is 15.0 Å². The summed E-state index contributed by atoms with van der Waals surface area (Å²) >= 11 is 6.49. The molecule has 1 aliphatic rings. The maximum absolute atomic E-state index is 12.6. The van der Waals surface area contributed by atoms with Crippen LogP contribution in [0.4, 0.5) is 11.4 Å². The highest BCUT2D eigenvalue weighted by Crippen LogP contribution is 2.41. The van der Waals surface area contributed by atoms with Crippen LogP contribution in [-0.2, 0) is 9.53 Å². The number of carbonyl (C=O) groups excluding carboxylic acids is 1. The molecule has 4 heterocycles. The van der Waals surface area contributed by atoms with E-state index in [9.17, 15) is 9.90 Å². The monoisotopic (exact) mass is 479 g/mol. The van der Waals surface area contributed by atoms with Crippen LogP contribution in [0.15, 0.2) is 55.0 Å². The number of H-pyrrole nitrogens is 1. The zero-order chi connectivity index (χ0) is 23.9. The van der Waals surface area contributed by atoms with E-state index in [1.807, 2.05) is 30.3 Å². The van der Waals surface area contributed by atoms with Crippen molar-refractivity contribution in [3.05, 3.63) is 71.3 Å². The van der Waals surface area contributed by atoms with Gasteiger partial charge in [-0.3, -0.25) is 9.78 Å². The van der Waals surface area contributed by atoms with E-state index in [4.69, 9.17) is 21.1 Å². The van der Waals surface area contributed by atoms with Gasteiger partial charge < -0.3 is 30.2 Å². The van der Waals surface area contributed by atoms with Gasteiger partial charge in [0, 0.05) is 24.9 Å². The molecule has 3 aromatic heterocycles. The molecule has 2 atom stereocenters. The smallest absolute Gasteiger partial charge is 0.252 e. The number of nitrogens with one attached hydrogen (secondary N) is 3.